The standard InChI is InChI=1S/C10H25N7O/c1-8(2)18-7-17(5-3-15-9(11)12)6-4-16-10(13)14/h8H,3-7H2,1-2H3,(H4,11,12,15)(H4,13,14,16). The summed E-state index contributed by atoms with van der Waals surface area (Å²) in [5.74, 6) is 0.0468. The number of guanidine groups is 2. The normalized spacial score (nSPS) is 10.7. The summed E-state index contributed by atoms with van der Waals surface area (Å²) < 4.78 is 5.52. The maximum Gasteiger partial charge on any atom is 0.185 e. The summed E-state index contributed by atoms with van der Waals surface area (Å²) in [7, 11) is 0. The van der Waals surface area contributed by atoms with Crippen LogP contribution in [-0.4, -0.2) is 55.8 Å². The molecule has 8 nitrogen and oxygen atoms in total. The molecule has 0 unspecified atom stereocenters. The Morgan fingerprint density at radius 1 is 1.33 bits per heavy atom. The van der Waals surface area contributed by atoms with E-state index in [0.29, 0.717) is 32.9 Å². The van der Waals surface area contributed by atoms with Crippen molar-refractivity contribution in [2.45, 2.75) is 20.0 Å². The van der Waals surface area contributed by atoms with Crippen molar-refractivity contribution in [2.24, 2.45) is 22.2 Å². The summed E-state index contributed by atoms with van der Waals surface area (Å²) in [5, 5.41) is 9.81. The SMILES string of the molecule is CC(C)OCN(CCN=C(N)N)CCNC(=N)N. The van der Waals surface area contributed by atoms with Gasteiger partial charge in [-0.25, -0.2) is 0 Å². The Labute approximate surface area is 108 Å². The van der Waals surface area contributed by atoms with Crippen molar-refractivity contribution in [1.82, 2.24) is 10.2 Å². The minimum atomic E-state index is -0.0380. The van der Waals surface area contributed by atoms with Crippen molar-refractivity contribution in [1.29, 1.82) is 5.41 Å². The van der Waals surface area contributed by atoms with Crippen LogP contribution in [0.25, 0.3) is 0 Å². The van der Waals surface area contributed by atoms with Crippen LogP contribution in [0.3, 0.4) is 0 Å². The highest BCUT2D eigenvalue weighted by Gasteiger charge is 2.05. The van der Waals surface area contributed by atoms with Crippen LogP contribution in [0.1, 0.15) is 13.8 Å². The molecule has 18 heavy (non-hydrogen) atoms. The van der Waals surface area contributed by atoms with Gasteiger partial charge >= 0.3 is 0 Å². The number of aliphatic imine (C=N–C) groups is 1. The maximum absolute atomic E-state index is 7.07. The zero-order valence-electron chi connectivity index (χ0n) is 11.1. The highest BCUT2D eigenvalue weighted by Crippen LogP contribution is 1.93. The van der Waals surface area contributed by atoms with E-state index in [1.165, 1.54) is 0 Å². The van der Waals surface area contributed by atoms with Crippen LogP contribution in [0.4, 0.5) is 0 Å². The predicted octanol–water partition coefficient (Wildman–Crippen LogP) is -1.57. The molecule has 0 aromatic carbocycles. The van der Waals surface area contributed by atoms with E-state index in [0.717, 1.165) is 0 Å². The molecule has 0 aromatic rings. The molecular weight excluding hydrogens is 234 g/mol. The molecule has 0 bridgehead atoms. The van der Waals surface area contributed by atoms with Crippen LogP contribution in [0, 0.1) is 5.41 Å². The van der Waals surface area contributed by atoms with Crippen LogP contribution >= 0.6 is 0 Å². The van der Waals surface area contributed by atoms with E-state index < -0.39 is 0 Å². The lowest BCUT2D eigenvalue weighted by molar-refractivity contribution is -0.00435. The number of nitrogens with two attached hydrogens (primary N) is 3. The number of ether oxygens (including phenoxy) is 1. The van der Waals surface area contributed by atoms with E-state index in [-0.39, 0.29) is 18.0 Å². The second-order valence-corrected chi connectivity index (χ2v) is 4.11. The number of nitrogens with zero attached hydrogens (tertiary/aromatic N) is 2. The molecular formula is C10H25N7O. The average molecular weight is 259 g/mol. The van der Waals surface area contributed by atoms with Crippen LogP contribution in [0.5, 0.6) is 0 Å². The molecule has 0 saturated carbocycles. The van der Waals surface area contributed by atoms with Gasteiger partial charge in [-0.1, -0.05) is 0 Å². The monoisotopic (exact) mass is 259 g/mol. The molecule has 106 valence electrons. The lowest BCUT2D eigenvalue weighted by Gasteiger charge is -2.22. The summed E-state index contributed by atoms with van der Waals surface area (Å²) in [6.45, 7) is 6.93. The number of nitrogens with one attached hydrogen (secondary N) is 2. The molecule has 0 aliphatic rings. The smallest absolute Gasteiger partial charge is 0.185 e. The molecule has 8 N–H and O–H groups in total. The lowest BCUT2D eigenvalue weighted by atomic mass is 10.4. The van der Waals surface area contributed by atoms with Gasteiger partial charge in [-0.05, 0) is 13.8 Å². The minimum absolute atomic E-state index is 0.0380. The fourth-order valence-electron chi connectivity index (χ4n) is 1.16. The summed E-state index contributed by atoms with van der Waals surface area (Å²) in [6.07, 6.45) is 0.163. The first-order valence-corrected chi connectivity index (χ1v) is 5.89. The molecule has 0 amide bonds. The first-order chi connectivity index (χ1) is 8.41. The van der Waals surface area contributed by atoms with Crippen molar-refractivity contribution < 1.29 is 4.74 Å². The Bertz CT molecular complexity index is 263. The maximum atomic E-state index is 7.07. The molecule has 0 heterocycles. The van der Waals surface area contributed by atoms with Gasteiger partial charge in [-0.2, -0.15) is 0 Å². The predicted molar refractivity (Wildman–Crippen MR) is 73.3 cm³/mol. The Morgan fingerprint density at radius 2 is 2.00 bits per heavy atom. The molecule has 8 heteroatoms. The summed E-state index contributed by atoms with van der Waals surface area (Å²) in [4.78, 5) is 5.97. The van der Waals surface area contributed by atoms with Gasteiger partial charge in [-0.15, -0.1) is 0 Å². The summed E-state index contributed by atoms with van der Waals surface area (Å²) >= 11 is 0. The minimum Gasteiger partial charge on any atom is -0.370 e. The van der Waals surface area contributed by atoms with Gasteiger partial charge in [-0.3, -0.25) is 15.3 Å². The van der Waals surface area contributed by atoms with Gasteiger partial charge in [0.15, 0.2) is 11.9 Å². The largest absolute Gasteiger partial charge is 0.370 e. The third kappa shape index (κ3) is 11.0. The Morgan fingerprint density at radius 3 is 2.50 bits per heavy atom. The number of rotatable bonds is 9. The first-order valence-electron chi connectivity index (χ1n) is 5.89. The van der Waals surface area contributed by atoms with Gasteiger partial charge in [0.2, 0.25) is 0 Å². The molecule has 0 aliphatic carbocycles. The topological polar surface area (TPSA) is 139 Å². The van der Waals surface area contributed by atoms with Crippen LogP contribution < -0.4 is 22.5 Å². The Kier molecular flexibility index (Phi) is 8.67. The average Bonchev–Trinajstić information content (AvgIpc) is 2.24. The van der Waals surface area contributed by atoms with Crippen molar-refractivity contribution in [2.75, 3.05) is 32.9 Å². The molecule has 0 aliphatic heterocycles. The molecule has 0 atom stereocenters. The van der Waals surface area contributed by atoms with Gasteiger partial charge < -0.3 is 27.3 Å². The highest BCUT2D eigenvalue weighted by atomic mass is 16.5. The summed E-state index contributed by atoms with van der Waals surface area (Å²) in [5.41, 5.74) is 15.7. The van der Waals surface area contributed by atoms with E-state index in [2.05, 4.69) is 10.3 Å². The van der Waals surface area contributed by atoms with E-state index in [1.807, 2.05) is 18.7 Å². The molecule has 0 spiro atoms. The van der Waals surface area contributed by atoms with E-state index in [4.69, 9.17) is 27.3 Å². The van der Waals surface area contributed by atoms with Gasteiger partial charge in [0.1, 0.15) is 0 Å². The molecule has 0 fully saturated rings. The molecule has 0 saturated heterocycles. The second kappa shape index (κ2) is 9.49. The van der Waals surface area contributed by atoms with Gasteiger partial charge in [0.25, 0.3) is 0 Å². The fourth-order valence-corrected chi connectivity index (χ4v) is 1.16. The van der Waals surface area contributed by atoms with Crippen LogP contribution in [0.2, 0.25) is 0 Å². The highest BCUT2D eigenvalue weighted by molar-refractivity contribution is 5.75. The van der Waals surface area contributed by atoms with Crippen molar-refractivity contribution in [3.05, 3.63) is 0 Å². The zero-order chi connectivity index (χ0) is 14.0. The van der Waals surface area contributed by atoms with Gasteiger partial charge in [0.05, 0.1) is 19.4 Å². The number of hydrogen-bond donors (Lipinski definition) is 5. The van der Waals surface area contributed by atoms with E-state index in [9.17, 15) is 0 Å². The van der Waals surface area contributed by atoms with E-state index in [1.54, 1.807) is 0 Å². The van der Waals surface area contributed by atoms with Gasteiger partial charge in [0, 0.05) is 19.6 Å². The molecule has 0 aromatic heterocycles. The lowest BCUT2D eigenvalue weighted by Crippen LogP contribution is -2.40. The van der Waals surface area contributed by atoms with E-state index >= 15 is 0 Å². The van der Waals surface area contributed by atoms with Crippen molar-refractivity contribution in [3.63, 3.8) is 0 Å². The third-order valence-electron chi connectivity index (χ3n) is 2.04. The van der Waals surface area contributed by atoms with Crippen LogP contribution in [0.15, 0.2) is 4.99 Å². The van der Waals surface area contributed by atoms with Crippen molar-refractivity contribution >= 4 is 11.9 Å². The quantitative estimate of drug-likeness (QED) is 0.192. The fraction of sp³-hybridized carbons (Fsp3) is 0.800. The Hall–Kier alpha value is -1.54. The number of hydrogen-bond acceptors (Lipinski definition) is 4. The second-order valence-electron chi connectivity index (χ2n) is 4.11. The summed E-state index contributed by atoms with van der Waals surface area (Å²) in [6, 6.07) is 0. The zero-order valence-corrected chi connectivity index (χ0v) is 11.1. The van der Waals surface area contributed by atoms with Crippen molar-refractivity contribution in [3.8, 4) is 0 Å². The molecule has 0 radical (unpaired) electrons. The Balaban J connectivity index is 3.98. The third-order valence-corrected chi connectivity index (χ3v) is 2.04. The van der Waals surface area contributed by atoms with Crippen LogP contribution in [-0.2, 0) is 4.74 Å². The first kappa shape index (κ1) is 16.5. The molecule has 0 rings (SSSR count).